The Kier molecular flexibility index (Phi) is 9.51. The topological polar surface area (TPSA) is 83.4 Å². The highest BCUT2D eigenvalue weighted by Gasteiger charge is 2.41. The van der Waals surface area contributed by atoms with Gasteiger partial charge in [0.15, 0.2) is 6.79 Å². The fraction of sp³-hybridized carbons (Fsp3) is 0.441. The molecule has 0 bridgehead atoms. The number of pyridine rings is 1. The summed E-state index contributed by atoms with van der Waals surface area (Å²) in [5.41, 5.74) is 7.21. The summed E-state index contributed by atoms with van der Waals surface area (Å²) in [7, 11) is -0.589. The number of hydrogen-bond acceptors (Lipinski definition) is 7. The van der Waals surface area contributed by atoms with Gasteiger partial charge in [-0.1, -0.05) is 53.5 Å². The molecule has 232 valence electrons. The highest BCUT2D eigenvalue weighted by molar-refractivity contribution is 7.90. The van der Waals surface area contributed by atoms with Crippen LogP contribution < -0.4 is 9.64 Å². The van der Waals surface area contributed by atoms with Crippen molar-refractivity contribution in [2.24, 2.45) is 0 Å². The van der Waals surface area contributed by atoms with Gasteiger partial charge in [-0.25, -0.2) is 9.37 Å². The molecule has 1 aliphatic heterocycles. The average Bonchev–Trinajstić information content (AvgIpc) is 2.95. The summed E-state index contributed by atoms with van der Waals surface area (Å²) in [6, 6.07) is 8.86. The minimum absolute atomic E-state index is 0.0627. The maximum Gasteiger partial charge on any atom is 0.342 e. The van der Waals surface area contributed by atoms with Crippen LogP contribution in [0.25, 0.3) is 32.9 Å². The van der Waals surface area contributed by atoms with Gasteiger partial charge in [-0.3, -0.25) is 0 Å². The maximum absolute atomic E-state index is 15.9. The standard InChI is InChI=1S/C34H41FN4O3SSi/c1-21(2)44(22(3)4,23(5)6)15-12-26-29(35)11-10-24-16-25(42-20-41-7)17-27(32(24)26)30-18-31-28(19-36-34(38-31)43(8)40)33(37-30)39-13-9-14-39/h10-11,16-19,21-23H,9,13-14,20H2,1-8H3. The van der Waals surface area contributed by atoms with Crippen LogP contribution in [0.1, 0.15) is 53.5 Å². The Bertz CT molecular complexity index is 1730. The van der Waals surface area contributed by atoms with E-state index in [1.54, 1.807) is 25.6 Å². The minimum Gasteiger partial charge on any atom is -0.609 e. The van der Waals surface area contributed by atoms with Gasteiger partial charge < -0.3 is 18.9 Å². The summed E-state index contributed by atoms with van der Waals surface area (Å²) >= 11 is -1.36. The zero-order valence-electron chi connectivity index (χ0n) is 26.8. The Hall–Kier alpha value is -3.23. The van der Waals surface area contributed by atoms with E-state index in [1.165, 1.54) is 6.07 Å². The molecule has 2 aromatic carbocycles. The molecule has 2 aromatic heterocycles. The number of halogens is 1. The van der Waals surface area contributed by atoms with Gasteiger partial charge in [0.2, 0.25) is 0 Å². The average molecular weight is 633 g/mol. The SMILES string of the molecule is COCOc1cc(-c2cc3nc([S+](C)[O-])ncc3c(N3CCC3)n2)c2c(C#C[Si](C(C)C)(C(C)C)C(C)C)c(F)ccc2c1. The van der Waals surface area contributed by atoms with E-state index in [0.717, 1.165) is 36.1 Å². The Labute approximate surface area is 263 Å². The highest BCUT2D eigenvalue weighted by Crippen LogP contribution is 2.42. The molecule has 1 fully saturated rings. The number of benzene rings is 2. The van der Waals surface area contributed by atoms with Gasteiger partial charge in [0.05, 0.1) is 22.2 Å². The van der Waals surface area contributed by atoms with E-state index in [9.17, 15) is 4.55 Å². The van der Waals surface area contributed by atoms with Crippen molar-refractivity contribution in [1.29, 1.82) is 0 Å². The smallest absolute Gasteiger partial charge is 0.342 e. The van der Waals surface area contributed by atoms with Crippen molar-refractivity contribution in [3.05, 3.63) is 47.9 Å². The molecule has 1 saturated heterocycles. The van der Waals surface area contributed by atoms with Gasteiger partial charge in [0.1, 0.15) is 31.7 Å². The van der Waals surface area contributed by atoms with E-state index in [2.05, 4.69) is 67.9 Å². The van der Waals surface area contributed by atoms with Crippen LogP contribution in [0.4, 0.5) is 10.2 Å². The number of methoxy groups -OCH3 is 1. The molecule has 1 aliphatic rings. The minimum atomic E-state index is -2.16. The number of fused-ring (bicyclic) bond motifs is 2. The van der Waals surface area contributed by atoms with Crippen molar-refractivity contribution in [2.45, 2.75) is 69.7 Å². The van der Waals surface area contributed by atoms with Crippen LogP contribution in [0.2, 0.25) is 16.6 Å². The molecule has 4 aromatic rings. The first-order chi connectivity index (χ1) is 21.0. The first kappa shape index (κ1) is 32.2. The number of rotatable bonds is 9. The van der Waals surface area contributed by atoms with Crippen LogP contribution in [0.5, 0.6) is 5.75 Å². The molecule has 0 radical (unpaired) electrons. The summed E-state index contributed by atoms with van der Waals surface area (Å²) in [4.78, 5) is 16.3. The van der Waals surface area contributed by atoms with Crippen molar-refractivity contribution < 1.29 is 18.4 Å². The summed E-state index contributed by atoms with van der Waals surface area (Å²) in [6.07, 6.45) is 4.32. The second kappa shape index (κ2) is 13.0. The van der Waals surface area contributed by atoms with Gasteiger partial charge >= 0.3 is 5.16 Å². The molecule has 7 nitrogen and oxygen atoms in total. The third kappa shape index (κ3) is 5.91. The fourth-order valence-electron chi connectivity index (χ4n) is 6.59. The molecule has 0 N–H and O–H groups in total. The Morgan fingerprint density at radius 1 is 1.05 bits per heavy atom. The zero-order chi connectivity index (χ0) is 31.8. The van der Waals surface area contributed by atoms with E-state index >= 15 is 4.39 Å². The van der Waals surface area contributed by atoms with Gasteiger partial charge in [-0.15, -0.1) is 5.54 Å². The molecule has 10 heteroatoms. The number of anilines is 1. The molecule has 0 spiro atoms. The van der Waals surface area contributed by atoms with Crippen molar-refractivity contribution in [3.8, 4) is 28.5 Å². The van der Waals surface area contributed by atoms with Crippen LogP contribution in [-0.4, -0.2) is 60.8 Å². The number of ether oxygens (including phenoxy) is 2. The molecule has 1 atom stereocenters. The first-order valence-electron chi connectivity index (χ1n) is 15.2. The van der Waals surface area contributed by atoms with Crippen molar-refractivity contribution in [1.82, 2.24) is 15.0 Å². The lowest BCUT2D eigenvalue weighted by Crippen LogP contribution is -2.43. The maximum atomic E-state index is 15.9. The van der Waals surface area contributed by atoms with Crippen molar-refractivity contribution in [3.63, 3.8) is 0 Å². The van der Waals surface area contributed by atoms with E-state index < -0.39 is 19.2 Å². The fourth-order valence-corrected chi connectivity index (χ4v) is 12.2. The first-order valence-corrected chi connectivity index (χ1v) is 18.9. The molecule has 0 saturated carbocycles. The zero-order valence-corrected chi connectivity index (χ0v) is 28.6. The summed E-state index contributed by atoms with van der Waals surface area (Å²) < 4.78 is 39.3. The van der Waals surface area contributed by atoms with Crippen LogP contribution in [0.3, 0.4) is 0 Å². The van der Waals surface area contributed by atoms with E-state index in [1.807, 2.05) is 18.2 Å². The predicted molar refractivity (Wildman–Crippen MR) is 180 cm³/mol. The second-order valence-corrected chi connectivity index (χ2v) is 19.3. The van der Waals surface area contributed by atoms with E-state index in [0.29, 0.717) is 50.1 Å². The van der Waals surface area contributed by atoms with Gasteiger partial charge in [0.25, 0.3) is 0 Å². The van der Waals surface area contributed by atoms with Gasteiger partial charge in [-0.2, -0.15) is 9.97 Å². The quantitative estimate of drug-likeness (QED) is 0.0622. The predicted octanol–water partition coefficient (Wildman–Crippen LogP) is 7.48. The van der Waals surface area contributed by atoms with Crippen LogP contribution in [-0.2, 0) is 15.9 Å². The molecular formula is C34H41FN4O3SSi. The summed E-state index contributed by atoms with van der Waals surface area (Å²) in [5, 5.41) is 2.50. The Balaban J connectivity index is 1.84. The largest absolute Gasteiger partial charge is 0.609 e. The number of aromatic nitrogens is 3. The van der Waals surface area contributed by atoms with Crippen LogP contribution >= 0.6 is 0 Å². The van der Waals surface area contributed by atoms with E-state index in [-0.39, 0.29) is 17.8 Å². The monoisotopic (exact) mass is 632 g/mol. The number of hydrogen-bond donors (Lipinski definition) is 0. The molecular weight excluding hydrogens is 592 g/mol. The summed E-state index contributed by atoms with van der Waals surface area (Å²) in [6.45, 7) is 15.3. The molecule has 0 amide bonds. The molecule has 3 heterocycles. The number of nitrogens with zero attached hydrogens (tertiary/aromatic N) is 4. The Morgan fingerprint density at radius 2 is 1.75 bits per heavy atom. The lowest BCUT2D eigenvalue weighted by molar-refractivity contribution is 0.0512. The van der Waals surface area contributed by atoms with Crippen molar-refractivity contribution >= 4 is 46.7 Å². The van der Waals surface area contributed by atoms with Gasteiger partial charge in [0, 0.05) is 48.5 Å². The highest BCUT2D eigenvalue weighted by atomic mass is 32.2. The second-order valence-electron chi connectivity index (χ2n) is 12.4. The molecule has 1 unspecified atom stereocenters. The van der Waals surface area contributed by atoms with Crippen LogP contribution in [0.15, 0.2) is 41.7 Å². The van der Waals surface area contributed by atoms with Crippen LogP contribution in [0, 0.1) is 17.3 Å². The summed E-state index contributed by atoms with van der Waals surface area (Å²) in [5.74, 6) is 4.36. The van der Waals surface area contributed by atoms with Crippen molar-refractivity contribution in [2.75, 3.05) is 38.1 Å². The third-order valence-electron chi connectivity index (χ3n) is 8.88. The Morgan fingerprint density at radius 3 is 2.34 bits per heavy atom. The van der Waals surface area contributed by atoms with Gasteiger partial charge in [-0.05, 0) is 52.7 Å². The lowest BCUT2D eigenvalue weighted by Gasteiger charge is -2.38. The van der Waals surface area contributed by atoms with E-state index in [4.69, 9.17) is 14.5 Å². The normalized spacial score (nSPS) is 14.3. The third-order valence-corrected chi connectivity index (χ3v) is 15.9. The molecule has 44 heavy (non-hydrogen) atoms. The molecule has 0 aliphatic carbocycles. The lowest BCUT2D eigenvalue weighted by atomic mass is 9.96. The molecule has 5 rings (SSSR count).